The molecule has 0 bridgehead atoms. The summed E-state index contributed by atoms with van der Waals surface area (Å²) in [4.78, 5) is 28.0. The molecule has 2 aromatic carbocycles. The van der Waals surface area contributed by atoms with Crippen LogP contribution in [0.15, 0.2) is 48.5 Å². The van der Waals surface area contributed by atoms with Crippen molar-refractivity contribution in [1.29, 1.82) is 0 Å². The van der Waals surface area contributed by atoms with Crippen molar-refractivity contribution in [3.8, 4) is 0 Å². The first-order valence-electron chi connectivity index (χ1n) is 7.62. The summed E-state index contributed by atoms with van der Waals surface area (Å²) in [7, 11) is 0. The van der Waals surface area contributed by atoms with E-state index in [-0.39, 0.29) is 0 Å². The van der Waals surface area contributed by atoms with E-state index in [2.05, 4.69) is 10.3 Å². The highest BCUT2D eigenvalue weighted by Gasteiger charge is 2.22. The lowest BCUT2D eigenvalue weighted by Crippen LogP contribution is -2.23. The van der Waals surface area contributed by atoms with E-state index in [0.717, 1.165) is 22.9 Å². The van der Waals surface area contributed by atoms with E-state index in [1.807, 2.05) is 49.4 Å². The van der Waals surface area contributed by atoms with Crippen LogP contribution in [0.1, 0.15) is 28.5 Å². The van der Waals surface area contributed by atoms with Gasteiger partial charge in [-0.25, -0.2) is 0 Å². The number of Topliss-reactive ketones (excluding diaryl/α,β-unsaturated/α-hetero) is 1. The molecule has 3 rings (SSSR count). The first-order chi connectivity index (χ1) is 11.1. The van der Waals surface area contributed by atoms with E-state index in [0.29, 0.717) is 16.9 Å². The number of ketones is 1. The lowest BCUT2D eigenvalue weighted by Gasteiger charge is -2.06. The van der Waals surface area contributed by atoms with Gasteiger partial charge >= 0.3 is 0 Å². The third kappa shape index (κ3) is 2.88. The number of carbonyl (C=O) groups is 2. The van der Waals surface area contributed by atoms with Crippen LogP contribution in [0.4, 0.5) is 5.69 Å². The number of benzene rings is 2. The van der Waals surface area contributed by atoms with Gasteiger partial charge in [0.1, 0.15) is 0 Å². The van der Waals surface area contributed by atoms with Crippen LogP contribution in [0.25, 0.3) is 10.9 Å². The smallest absolute Gasteiger partial charge is 0.296 e. The van der Waals surface area contributed by atoms with Gasteiger partial charge in [0, 0.05) is 22.3 Å². The number of H-pyrrole nitrogens is 1. The summed E-state index contributed by atoms with van der Waals surface area (Å²) in [6.45, 7) is 3.85. The molecule has 1 aromatic heterocycles. The summed E-state index contributed by atoms with van der Waals surface area (Å²) in [5, 5.41) is 3.47. The Labute approximate surface area is 134 Å². The van der Waals surface area contributed by atoms with Gasteiger partial charge in [-0.1, -0.05) is 37.3 Å². The lowest BCUT2D eigenvalue weighted by molar-refractivity contribution is -0.112. The molecule has 116 valence electrons. The van der Waals surface area contributed by atoms with E-state index in [4.69, 9.17) is 0 Å². The van der Waals surface area contributed by atoms with Crippen LogP contribution in [-0.4, -0.2) is 16.7 Å². The average Bonchev–Trinajstić information content (AvgIpc) is 2.90. The number of aromatic amines is 1. The quantitative estimate of drug-likeness (QED) is 0.568. The second-order valence-corrected chi connectivity index (χ2v) is 5.51. The number of aromatic nitrogens is 1. The van der Waals surface area contributed by atoms with Crippen LogP contribution < -0.4 is 5.32 Å². The van der Waals surface area contributed by atoms with Crippen molar-refractivity contribution < 1.29 is 9.59 Å². The van der Waals surface area contributed by atoms with Crippen molar-refractivity contribution in [2.75, 3.05) is 5.32 Å². The molecule has 4 nitrogen and oxygen atoms in total. The normalized spacial score (nSPS) is 10.7. The van der Waals surface area contributed by atoms with Crippen LogP contribution in [0.5, 0.6) is 0 Å². The number of aryl methyl sites for hydroxylation is 2. The Kier molecular flexibility index (Phi) is 3.98. The van der Waals surface area contributed by atoms with Crippen LogP contribution >= 0.6 is 0 Å². The number of hydrogen-bond acceptors (Lipinski definition) is 2. The summed E-state index contributed by atoms with van der Waals surface area (Å²) < 4.78 is 0. The predicted octanol–water partition coefficient (Wildman–Crippen LogP) is 3.86. The minimum atomic E-state index is -0.619. The number of para-hydroxylation sites is 1. The van der Waals surface area contributed by atoms with Crippen molar-refractivity contribution in [1.82, 2.24) is 4.98 Å². The number of hydrogen-bond donors (Lipinski definition) is 2. The number of anilines is 1. The Hall–Kier alpha value is -2.88. The predicted molar refractivity (Wildman–Crippen MR) is 91.8 cm³/mol. The second-order valence-electron chi connectivity index (χ2n) is 5.51. The van der Waals surface area contributed by atoms with Crippen molar-refractivity contribution in [2.24, 2.45) is 0 Å². The molecule has 0 saturated carbocycles. The number of amides is 1. The molecule has 23 heavy (non-hydrogen) atoms. The highest BCUT2D eigenvalue weighted by Crippen LogP contribution is 2.23. The molecule has 0 aliphatic rings. The first-order valence-corrected chi connectivity index (χ1v) is 7.62. The fraction of sp³-hybridized carbons (Fsp3) is 0.158. The molecule has 0 aliphatic heterocycles. The zero-order chi connectivity index (χ0) is 16.4. The van der Waals surface area contributed by atoms with Gasteiger partial charge in [-0.2, -0.15) is 0 Å². The van der Waals surface area contributed by atoms with Gasteiger partial charge in [-0.3, -0.25) is 9.59 Å². The molecular weight excluding hydrogens is 288 g/mol. The minimum absolute atomic E-state index is 0.435. The Morgan fingerprint density at radius 2 is 1.87 bits per heavy atom. The Bertz CT molecular complexity index is 893. The number of carbonyl (C=O) groups excluding carboxylic acids is 2. The zero-order valence-electron chi connectivity index (χ0n) is 13.1. The van der Waals surface area contributed by atoms with Gasteiger partial charge < -0.3 is 10.3 Å². The summed E-state index contributed by atoms with van der Waals surface area (Å²) in [5.41, 5.74) is 3.74. The largest absolute Gasteiger partial charge is 0.358 e. The van der Waals surface area contributed by atoms with E-state index < -0.39 is 11.7 Å². The fourth-order valence-corrected chi connectivity index (χ4v) is 2.74. The second kappa shape index (κ2) is 6.08. The maximum atomic E-state index is 12.6. The van der Waals surface area contributed by atoms with Gasteiger partial charge in [0.15, 0.2) is 0 Å². The van der Waals surface area contributed by atoms with Gasteiger partial charge in [-0.05, 0) is 37.1 Å². The van der Waals surface area contributed by atoms with E-state index in [9.17, 15) is 9.59 Å². The molecule has 0 fully saturated rings. The van der Waals surface area contributed by atoms with Crippen molar-refractivity contribution >= 4 is 28.3 Å². The lowest BCUT2D eigenvalue weighted by atomic mass is 10.1. The van der Waals surface area contributed by atoms with Crippen molar-refractivity contribution in [3.63, 3.8) is 0 Å². The molecule has 0 unspecified atom stereocenters. The molecule has 1 heterocycles. The third-order valence-corrected chi connectivity index (χ3v) is 3.92. The SMILES string of the molecule is CCc1cccc(NC(=O)C(=O)c2c(C)[nH]c3ccccc23)c1. The Balaban J connectivity index is 1.89. The standard InChI is InChI=1S/C19H18N2O2/c1-3-13-7-6-8-14(11-13)21-19(23)18(22)17-12(2)20-16-10-5-4-9-15(16)17/h4-11,20H,3H2,1-2H3,(H,21,23). The Morgan fingerprint density at radius 3 is 2.65 bits per heavy atom. The molecule has 0 saturated heterocycles. The molecular formula is C19H18N2O2. The average molecular weight is 306 g/mol. The highest BCUT2D eigenvalue weighted by molar-refractivity contribution is 6.48. The van der Waals surface area contributed by atoms with Gasteiger partial charge in [0.2, 0.25) is 0 Å². The number of fused-ring (bicyclic) bond motifs is 1. The Morgan fingerprint density at radius 1 is 1.09 bits per heavy atom. The molecule has 0 radical (unpaired) electrons. The van der Waals surface area contributed by atoms with Crippen LogP contribution in [0.2, 0.25) is 0 Å². The van der Waals surface area contributed by atoms with Gasteiger partial charge in [-0.15, -0.1) is 0 Å². The van der Waals surface area contributed by atoms with Crippen LogP contribution in [-0.2, 0) is 11.2 Å². The van der Waals surface area contributed by atoms with E-state index >= 15 is 0 Å². The van der Waals surface area contributed by atoms with Crippen molar-refractivity contribution in [3.05, 3.63) is 65.4 Å². The van der Waals surface area contributed by atoms with E-state index in [1.54, 1.807) is 13.0 Å². The first kappa shape index (κ1) is 15.0. The fourth-order valence-electron chi connectivity index (χ4n) is 2.74. The zero-order valence-corrected chi connectivity index (χ0v) is 13.1. The molecule has 0 aliphatic carbocycles. The summed E-state index contributed by atoms with van der Waals surface area (Å²) in [5.74, 6) is -1.15. The van der Waals surface area contributed by atoms with Crippen LogP contribution in [0.3, 0.4) is 0 Å². The third-order valence-electron chi connectivity index (χ3n) is 3.92. The summed E-state index contributed by atoms with van der Waals surface area (Å²) in [6, 6.07) is 15.0. The van der Waals surface area contributed by atoms with E-state index in [1.165, 1.54) is 0 Å². The monoisotopic (exact) mass is 306 g/mol. The molecule has 0 atom stereocenters. The van der Waals surface area contributed by atoms with Gasteiger partial charge in [0.25, 0.3) is 11.7 Å². The highest BCUT2D eigenvalue weighted by atomic mass is 16.2. The van der Waals surface area contributed by atoms with Crippen LogP contribution in [0, 0.1) is 6.92 Å². The molecule has 2 N–H and O–H groups in total. The molecule has 0 spiro atoms. The molecule has 4 heteroatoms. The maximum absolute atomic E-state index is 12.6. The topological polar surface area (TPSA) is 62.0 Å². The van der Waals surface area contributed by atoms with Gasteiger partial charge in [0.05, 0.1) is 5.56 Å². The van der Waals surface area contributed by atoms with Crippen molar-refractivity contribution in [2.45, 2.75) is 20.3 Å². The molecule has 1 amide bonds. The number of nitrogens with one attached hydrogen (secondary N) is 2. The summed E-state index contributed by atoms with van der Waals surface area (Å²) in [6.07, 6.45) is 0.874. The summed E-state index contributed by atoms with van der Waals surface area (Å²) >= 11 is 0. The maximum Gasteiger partial charge on any atom is 0.296 e. The number of rotatable bonds is 4. The minimum Gasteiger partial charge on any atom is -0.358 e. The molecule has 3 aromatic rings.